The van der Waals surface area contributed by atoms with Crippen molar-refractivity contribution in [3.63, 3.8) is 0 Å². The summed E-state index contributed by atoms with van der Waals surface area (Å²) in [6.07, 6.45) is 1.88. The lowest BCUT2D eigenvalue weighted by molar-refractivity contribution is 0.392. The molecular formula is C17H26N4OS. The van der Waals surface area contributed by atoms with Gasteiger partial charge in [-0.05, 0) is 46.2 Å². The van der Waals surface area contributed by atoms with Crippen LogP contribution in [0.15, 0.2) is 21.6 Å². The Hall–Kier alpha value is -1.82. The number of rotatable bonds is 6. The van der Waals surface area contributed by atoms with Crippen molar-refractivity contribution in [2.24, 2.45) is 4.99 Å². The third-order valence-electron chi connectivity index (χ3n) is 3.76. The Kier molecular flexibility index (Phi) is 6.21. The lowest BCUT2D eigenvalue weighted by Crippen LogP contribution is -2.43. The van der Waals surface area contributed by atoms with Gasteiger partial charge in [-0.15, -0.1) is 11.3 Å². The van der Waals surface area contributed by atoms with E-state index >= 15 is 0 Å². The third-order valence-corrected chi connectivity index (χ3v) is 4.78. The van der Waals surface area contributed by atoms with Gasteiger partial charge in [-0.1, -0.05) is 5.16 Å². The Labute approximate surface area is 142 Å². The summed E-state index contributed by atoms with van der Waals surface area (Å²) in [5.41, 5.74) is 2.14. The van der Waals surface area contributed by atoms with Crippen LogP contribution in [0.3, 0.4) is 0 Å². The molecule has 0 spiro atoms. The van der Waals surface area contributed by atoms with Crippen LogP contribution in [-0.2, 0) is 12.8 Å². The largest absolute Gasteiger partial charge is 0.361 e. The van der Waals surface area contributed by atoms with E-state index in [4.69, 9.17) is 4.52 Å². The molecule has 0 saturated heterocycles. The van der Waals surface area contributed by atoms with Crippen LogP contribution in [0.2, 0.25) is 0 Å². The lowest BCUT2D eigenvalue weighted by atomic mass is 10.1. The van der Waals surface area contributed by atoms with E-state index in [1.54, 1.807) is 7.05 Å². The summed E-state index contributed by atoms with van der Waals surface area (Å²) in [7, 11) is 1.80. The summed E-state index contributed by atoms with van der Waals surface area (Å²) >= 11 is 1.85. The number of hydrogen-bond donors (Lipinski definition) is 2. The van der Waals surface area contributed by atoms with Gasteiger partial charge in [0.15, 0.2) is 5.96 Å². The van der Waals surface area contributed by atoms with Gasteiger partial charge >= 0.3 is 0 Å². The van der Waals surface area contributed by atoms with E-state index < -0.39 is 0 Å². The first-order valence-electron chi connectivity index (χ1n) is 7.93. The van der Waals surface area contributed by atoms with E-state index in [9.17, 15) is 0 Å². The summed E-state index contributed by atoms with van der Waals surface area (Å²) in [6.45, 7) is 9.04. The molecule has 2 heterocycles. The molecule has 2 aromatic heterocycles. The number of aryl methyl sites for hydroxylation is 3. The molecule has 6 heteroatoms. The maximum absolute atomic E-state index is 5.19. The quantitative estimate of drug-likeness (QED) is 0.630. The van der Waals surface area contributed by atoms with Crippen LogP contribution in [0.5, 0.6) is 0 Å². The maximum Gasteiger partial charge on any atom is 0.191 e. The molecule has 0 saturated carbocycles. The molecule has 0 aliphatic carbocycles. The van der Waals surface area contributed by atoms with Crippen molar-refractivity contribution in [3.05, 3.63) is 38.9 Å². The number of nitrogens with zero attached hydrogens (tertiary/aromatic N) is 2. The van der Waals surface area contributed by atoms with Crippen LogP contribution in [-0.4, -0.2) is 30.8 Å². The van der Waals surface area contributed by atoms with Gasteiger partial charge < -0.3 is 15.2 Å². The average molecular weight is 334 g/mol. The number of thiophene rings is 1. The minimum Gasteiger partial charge on any atom is -0.361 e. The maximum atomic E-state index is 5.19. The van der Waals surface area contributed by atoms with Gasteiger partial charge in [-0.25, -0.2) is 0 Å². The summed E-state index contributed by atoms with van der Waals surface area (Å²) in [5, 5.41) is 10.8. The first-order chi connectivity index (χ1) is 11.0. The molecule has 0 aromatic carbocycles. The zero-order valence-corrected chi connectivity index (χ0v) is 15.4. The van der Waals surface area contributed by atoms with Crippen molar-refractivity contribution in [2.75, 3.05) is 13.6 Å². The number of hydrogen-bond acceptors (Lipinski definition) is 4. The van der Waals surface area contributed by atoms with E-state index in [-0.39, 0.29) is 0 Å². The summed E-state index contributed by atoms with van der Waals surface area (Å²) in [4.78, 5) is 7.05. The average Bonchev–Trinajstić information content (AvgIpc) is 3.05. The van der Waals surface area contributed by atoms with E-state index in [1.165, 1.54) is 15.3 Å². The van der Waals surface area contributed by atoms with Gasteiger partial charge in [-0.3, -0.25) is 4.99 Å². The molecule has 23 heavy (non-hydrogen) atoms. The Bertz CT molecular complexity index is 640. The summed E-state index contributed by atoms with van der Waals surface area (Å²) < 4.78 is 5.19. The van der Waals surface area contributed by atoms with Crippen molar-refractivity contribution in [1.29, 1.82) is 0 Å². The normalized spacial score (nSPS) is 13.2. The fourth-order valence-electron chi connectivity index (χ4n) is 2.54. The Morgan fingerprint density at radius 1 is 1.35 bits per heavy atom. The van der Waals surface area contributed by atoms with Crippen molar-refractivity contribution >= 4 is 17.3 Å². The highest BCUT2D eigenvalue weighted by atomic mass is 32.1. The van der Waals surface area contributed by atoms with Gasteiger partial charge in [0.1, 0.15) is 5.76 Å². The number of aliphatic imine (C=N–C) groups is 1. The zero-order chi connectivity index (χ0) is 16.8. The van der Waals surface area contributed by atoms with Gasteiger partial charge in [0.2, 0.25) is 0 Å². The van der Waals surface area contributed by atoms with Crippen LogP contribution < -0.4 is 10.6 Å². The Balaban J connectivity index is 1.79. The summed E-state index contributed by atoms with van der Waals surface area (Å²) in [5.74, 6) is 1.73. The highest BCUT2D eigenvalue weighted by Gasteiger charge is 2.10. The highest BCUT2D eigenvalue weighted by molar-refractivity contribution is 7.11. The fourth-order valence-corrected chi connectivity index (χ4v) is 3.56. The van der Waals surface area contributed by atoms with Crippen LogP contribution >= 0.6 is 11.3 Å². The predicted octanol–water partition coefficient (Wildman–Crippen LogP) is 3.00. The minimum atomic E-state index is 0.332. The smallest absolute Gasteiger partial charge is 0.191 e. The molecule has 0 fully saturated rings. The van der Waals surface area contributed by atoms with Gasteiger partial charge in [0, 0.05) is 41.4 Å². The van der Waals surface area contributed by atoms with Crippen LogP contribution in [0.25, 0.3) is 0 Å². The molecule has 1 unspecified atom stereocenters. The monoisotopic (exact) mass is 334 g/mol. The minimum absolute atomic E-state index is 0.332. The molecule has 2 N–H and O–H groups in total. The standard InChI is InChI=1S/C17H26N4OS/c1-11(10-15-7-6-12(2)23-15)20-17(18-5)19-9-8-16-13(3)21-22-14(16)4/h6-7,11H,8-10H2,1-5H3,(H2,18,19,20). The fraction of sp³-hybridized carbons (Fsp3) is 0.529. The number of nitrogens with one attached hydrogen (secondary N) is 2. The highest BCUT2D eigenvalue weighted by Crippen LogP contribution is 2.16. The van der Waals surface area contributed by atoms with Crippen molar-refractivity contribution in [1.82, 2.24) is 15.8 Å². The SMILES string of the molecule is CN=C(NCCc1c(C)noc1C)NC(C)Cc1ccc(C)s1. The molecule has 2 rings (SSSR count). The van der Waals surface area contributed by atoms with Gasteiger partial charge in [0.05, 0.1) is 5.69 Å². The van der Waals surface area contributed by atoms with Gasteiger partial charge in [-0.2, -0.15) is 0 Å². The predicted molar refractivity (Wildman–Crippen MR) is 96.4 cm³/mol. The van der Waals surface area contributed by atoms with E-state index in [0.29, 0.717) is 6.04 Å². The topological polar surface area (TPSA) is 62.5 Å². The molecule has 0 aliphatic heterocycles. The molecule has 0 aliphatic rings. The van der Waals surface area contributed by atoms with Crippen molar-refractivity contribution in [3.8, 4) is 0 Å². The van der Waals surface area contributed by atoms with E-state index in [1.807, 2.05) is 25.2 Å². The van der Waals surface area contributed by atoms with Crippen LogP contribution in [0, 0.1) is 20.8 Å². The van der Waals surface area contributed by atoms with Crippen LogP contribution in [0.1, 0.15) is 33.7 Å². The second-order valence-electron chi connectivity index (χ2n) is 5.81. The number of guanidine groups is 1. The Morgan fingerprint density at radius 2 is 2.13 bits per heavy atom. The number of aromatic nitrogens is 1. The molecule has 0 radical (unpaired) electrons. The second kappa shape index (κ2) is 8.15. The zero-order valence-electron chi connectivity index (χ0n) is 14.6. The first-order valence-corrected chi connectivity index (χ1v) is 8.75. The summed E-state index contributed by atoms with van der Waals surface area (Å²) in [6, 6.07) is 4.70. The van der Waals surface area contributed by atoms with E-state index in [0.717, 1.165) is 36.8 Å². The Morgan fingerprint density at radius 3 is 2.70 bits per heavy atom. The third kappa shape index (κ3) is 5.10. The molecular weight excluding hydrogens is 308 g/mol. The van der Waals surface area contributed by atoms with E-state index in [2.05, 4.69) is 46.8 Å². The molecule has 126 valence electrons. The van der Waals surface area contributed by atoms with Gasteiger partial charge in [0.25, 0.3) is 0 Å². The molecule has 0 bridgehead atoms. The molecule has 2 aromatic rings. The van der Waals surface area contributed by atoms with Crippen LogP contribution in [0.4, 0.5) is 0 Å². The lowest BCUT2D eigenvalue weighted by Gasteiger charge is -2.17. The molecule has 5 nitrogen and oxygen atoms in total. The first kappa shape index (κ1) is 17.5. The van der Waals surface area contributed by atoms with Crippen molar-refractivity contribution < 1.29 is 4.52 Å². The van der Waals surface area contributed by atoms with Crippen molar-refractivity contribution in [2.45, 2.75) is 46.6 Å². The molecule has 1 atom stereocenters. The molecule has 0 amide bonds. The second-order valence-corrected chi connectivity index (χ2v) is 7.19.